The molecule has 0 radical (unpaired) electrons. The van der Waals surface area contributed by atoms with Gasteiger partial charge < -0.3 is 14.2 Å². The third-order valence-electron chi connectivity index (χ3n) is 6.87. The summed E-state index contributed by atoms with van der Waals surface area (Å²) in [6.45, 7) is 4.42. The maximum absolute atomic E-state index is 14.1. The highest BCUT2D eigenvalue weighted by atomic mass is 35.5. The molecule has 7 nitrogen and oxygen atoms in total. The Hall–Kier alpha value is -3.88. The maximum Gasteiger partial charge on any atom is 0.338 e. The molecule has 0 unspecified atom stereocenters. The molecule has 0 saturated carbocycles. The molecule has 1 aliphatic rings. The van der Waals surface area contributed by atoms with Gasteiger partial charge in [0.25, 0.3) is 5.56 Å². The summed E-state index contributed by atoms with van der Waals surface area (Å²) in [5, 5.41) is 2.46. The quantitative estimate of drug-likeness (QED) is 0.207. The lowest BCUT2D eigenvalue weighted by Gasteiger charge is -2.25. The number of ether oxygens (including phenoxy) is 3. The fraction of sp³-hybridized carbons (Fsp3) is 0.258. The molecule has 0 N–H and O–H groups in total. The number of fused-ring (bicyclic) bond motifs is 2. The number of aromatic nitrogens is 1. The number of hydrogen-bond acceptors (Lipinski definition) is 7. The molecule has 1 atom stereocenters. The van der Waals surface area contributed by atoms with Crippen LogP contribution in [0.15, 0.2) is 75.7 Å². The second-order valence-corrected chi connectivity index (χ2v) is 10.8. The highest BCUT2D eigenvalue weighted by Gasteiger charge is 2.35. The van der Waals surface area contributed by atoms with E-state index in [0.29, 0.717) is 43.7 Å². The smallest absolute Gasteiger partial charge is 0.338 e. The number of hydrogen-bond donors (Lipinski definition) is 0. The van der Waals surface area contributed by atoms with Crippen LogP contribution in [0.1, 0.15) is 43.9 Å². The van der Waals surface area contributed by atoms with Gasteiger partial charge in [-0.3, -0.25) is 9.36 Å². The summed E-state index contributed by atoms with van der Waals surface area (Å²) in [4.78, 5) is 32.3. The predicted octanol–water partition coefficient (Wildman–Crippen LogP) is 5.40. The average Bonchev–Trinajstić information content (AvgIpc) is 3.26. The standard InChI is InChI=1S/C31H29ClN2O5S/c1-5-6-15-39-25-13-11-19-9-7-8-10-21(19)22(25)17-26-29(35)34-28(23-16-20(32)12-14-24(23)37-3)27(30(36)38-4)18(2)33-31(34)40-26/h7-14,16-17,28H,5-6,15H2,1-4H3/b26-17-/t28-/m0/s1. The summed E-state index contributed by atoms with van der Waals surface area (Å²) >= 11 is 7.64. The zero-order valence-electron chi connectivity index (χ0n) is 22.7. The lowest BCUT2D eigenvalue weighted by molar-refractivity contribution is -0.136. The number of esters is 1. The molecular weight excluding hydrogens is 548 g/mol. The zero-order chi connectivity index (χ0) is 28.4. The Balaban J connectivity index is 1.78. The van der Waals surface area contributed by atoms with E-state index >= 15 is 0 Å². The summed E-state index contributed by atoms with van der Waals surface area (Å²) in [6, 6.07) is 16.2. The topological polar surface area (TPSA) is 79.1 Å². The largest absolute Gasteiger partial charge is 0.496 e. The molecule has 0 fully saturated rings. The Bertz CT molecular complexity index is 1820. The van der Waals surface area contributed by atoms with Gasteiger partial charge in [-0.15, -0.1) is 0 Å². The highest BCUT2D eigenvalue weighted by molar-refractivity contribution is 7.07. The van der Waals surface area contributed by atoms with E-state index in [9.17, 15) is 9.59 Å². The lowest BCUT2D eigenvalue weighted by atomic mass is 9.95. The molecule has 0 saturated heterocycles. The molecule has 9 heteroatoms. The number of thiazole rings is 1. The van der Waals surface area contributed by atoms with Crippen molar-refractivity contribution in [2.45, 2.75) is 32.7 Å². The third-order valence-corrected chi connectivity index (χ3v) is 8.09. The average molecular weight is 577 g/mol. The van der Waals surface area contributed by atoms with E-state index in [-0.39, 0.29) is 11.1 Å². The number of unbranched alkanes of at least 4 members (excludes halogenated alkanes) is 1. The van der Waals surface area contributed by atoms with E-state index in [1.165, 1.54) is 30.1 Å². The number of halogens is 1. The minimum Gasteiger partial charge on any atom is -0.496 e. The molecule has 0 aliphatic carbocycles. The zero-order valence-corrected chi connectivity index (χ0v) is 24.3. The van der Waals surface area contributed by atoms with E-state index in [1.54, 1.807) is 25.1 Å². The van der Waals surface area contributed by atoms with Crippen LogP contribution >= 0.6 is 22.9 Å². The summed E-state index contributed by atoms with van der Waals surface area (Å²) in [7, 11) is 2.84. The van der Waals surface area contributed by atoms with E-state index in [0.717, 1.165) is 29.2 Å². The Morgan fingerprint density at radius 1 is 1.12 bits per heavy atom. The molecule has 3 aromatic carbocycles. The van der Waals surface area contributed by atoms with Crippen molar-refractivity contribution in [1.29, 1.82) is 0 Å². The van der Waals surface area contributed by atoms with Crippen LogP contribution in [0.5, 0.6) is 11.5 Å². The van der Waals surface area contributed by atoms with Crippen LogP contribution in [-0.2, 0) is 9.53 Å². The van der Waals surface area contributed by atoms with Crippen molar-refractivity contribution in [3.05, 3.63) is 102 Å². The van der Waals surface area contributed by atoms with Gasteiger partial charge in [0.1, 0.15) is 17.5 Å². The Morgan fingerprint density at radius 3 is 2.65 bits per heavy atom. The Labute approximate surface area is 240 Å². The predicted molar refractivity (Wildman–Crippen MR) is 158 cm³/mol. The first kappa shape index (κ1) is 27.7. The van der Waals surface area contributed by atoms with Gasteiger partial charge in [0.15, 0.2) is 4.80 Å². The van der Waals surface area contributed by atoms with Crippen LogP contribution in [0.2, 0.25) is 5.02 Å². The minimum atomic E-state index is -0.840. The van der Waals surface area contributed by atoms with Crippen molar-refractivity contribution in [2.24, 2.45) is 4.99 Å². The fourth-order valence-corrected chi connectivity index (χ4v) is 6.12. The Morgan fingerprint density at radius 2 is 1.90 bits per heavy atom. The second kappa shape index (κ2) is 11.7. The van der Waals surface area contributed by atoms with Gasteiger partial charge in [0.2, 0.25) is 0 Å². The van der Waals surface area contributed by atoms with Gasteiger partial charge in [-0.05, 0) is 54.5 Å². The molecule has 5 rings (SSSR count). The van der Waals surface area contributed by atoms with Gasteiger partial charge in [-0.25, -0.2) is 9.79 Å². The van der Waals surface area contributed by atoms with Crippen molar-refractivity contribution in [1.82, 2.24) is 4.57 Å². The van der Waals surface area contributed by atoms with Crippen LogP contribution in [0.4, 0.5) is 0 Å². The summed E-state index contributed by atoms with van der Waals surface area (Å²) in [6.07, 6.45) is 3.79. The van der Waals surface area contributed by atoms with Crippen molar-refractivity contribution < 1.29 is 19.0 Å². The molecule has 4 aromatic rings. The molecule has 0 amide bonds. The number of carbonyl (C=O) groups excluding carboxylic acids is 1. The monoisotopic (exact) mass is 576 g/mol. The summed E-state index contributed by atoms with van der Waals surface area (Å²) < 4.78 is 18.9. The molecule has 1 aromatic heterocycles. The number of benzene rings is 3. The van der Waals surface area contributed by atoms with Gasteiger partial charge in [-0.1, -0.05) is 66.6 Å². The number of rotatable bonds is 8. The molecule has 40 heavy (non-hydrogen) atoms. The van der Waals surface area contributed by atoms with E-state index < -0.39 is 12.0 Å². The lowest BCUT2D eigenvalue weighted by Crippen LogP contribution is -2.40. The van der Waals surface area contributed by atoms with Crippen LogP contribution in [0.3, 0.4) is 0 Å². The first-order valence-corrected chi connectivity index (χ1v) is 14.2. The first-order chi connectivity index (χ1) is 19.4. The Kier molecular flexibility index (Phi) is 8.09. The van der Waals surface area contributed by atoms with Crippen molar-refractivity contribution >= 4 is 45.8 Å². The van der Waals surface area contributed by atoms with Crippen molar-refractivity contribution in [2.75, 3.05) is 20.8 Å². The van der Waals surface area contributed by atoms with Gasteiger partial charge in [0, 0.05) is 16.1 Å². The van der Waals surface area contributed by atoms with E-state index in [4.69, 9.17) is 25.8 Å². The number of methoxy groups -OCH3 is 2. The number of carbonyl (C=O) groups is 1. The van der Waals surface area contributed by atoms with Crippen molar-refractivity contribution in [3.8, 4) is 11.5 Å². The molecule has 206 valence electrons. The molecule has 2 heterocycles. The number of nitrogens with zero attached hydrogens (tertiary/aromatic N) is 2. The van der Waals surface area contributed by atoms with Gasteiger partial charge >= 0.3 is 5.97 Å². The van der Waals surface area contributed by atoms with Crippen molar-refractivity contribution in [3.63, 3.8) is 0 Å². The molecular formula is C31H29ClN2O5S. The molecule has 0 bridgehead atoms. The third kappa shape index (κ3) is 5.05. The summed E-state index contributed by atoms with van der Waals surface area (Å²) in [5.74, 6) is 0.612. The minimum absolute atomic E-state index is 0.246. The maximum atomic E-state index is 14.1. The fourth-order valence-electron chi connectivity index (χ4n) is 4.91. The number of allylic oxidation sites excluding steroid dienone is 1. The van der Waals surface area contributed by atoms with Gasteiger partial charge in [0.05, 0.1) is 36.6 Å². The summed E-state index contributed by atoms with van der Waals surface area (Å²) in [5.41, 5.74) is 1.79. The van der Waals surface area contributed by atoms with Gasteiger partial charge in [-0.2, -0.15) is 0 Å². The first-order valence-electron chi connectivity index (χ1n) is 13.0. The van der Waals surface area contributed by atoms with Crippen LogP contribution in [-0.4, -0.2) is 31.4 Å². The SMILES string of the molecule is CCCCOc1ccc2ccccc2c1/C=c1\sc2n(c1=O)[C@@H](c1cc(Cl)ccc1OC)C(C(=O)OC)=C(C)N=2. The highest BCUT2D eigenvalue weighted by Crippen LogP contribution is 2.37. The van der Waals surface area contributed by atoms with E-state index in [1.807, 2.05) is 42.5 Å². The van der Waals surface area contributed by atoms with Crippen LogP contribution < -0.4 is 24.4 Å². The normalized spacial score (nSPS) is 15.1. The molecule has 0 spiro atoms. The second-order valence-electron chi connectivity index (χ2n) is 9.36. The molecule has 1 aliphatic heterocycles. The van der Waals surface area contributed by atoms with Crippen LogP contribution in [0.25, 0.3) is 16.8 Å². The van der Waals surface area contributed by atoms with Crippen LogP contribution in [0, 0.1) is 0 Å². The van der Waals surface area contributed by atoms with E-state index in [2.05, 4.69) is 11.9 Å².